The maximum Gasteiger partial charge on any atom is 0.200 e. The minimum absolute atomic E-state index is 0.0469. The van der Waals surface area contributed by atoms with Crippen molar-refractivity contribution >= 4 is 11.9 Å². The molecule has 4 heteroatoms. The number of rotatable bonds is 9. The van der Waals surface area contributed by atoms with Crippen molar-refractivity contribution in [1.82, 2.24) is 0 Å². The van der Waals surface area contributed by atoms with Gasteiger partial charge in [-0.25, -0.2) is 0 Å². The number of hydrogen-bond acceptors (Lipinski definition) is 4. The van der Waals surface area contributed by atoms with Crippen molar-refractivity contribution in [2.75, 3.05) is 14.2 Å². The van der Waals surface area contributed by atoms with Crippen molar-refractivity contribution in [1.29, 1.82) is 0 Å². The van der Waals surface area contributed by atoms with Crippen LogP contribution in [0.5, 0.6) is 17.2 Å². The summed E-state index contributed by atoms with van der Waals surface area (Å²) in [6.07, 6.45) is 6.64. The molecule has 0 saturated heterocycles. The molecule has 0 spiro atoms. The van der Waals surface area contributed by atoms with Crippen LogP contribution in [0.3, 0.4) is 0 Å². The predicted molar refractivity (Wildman–Crippen MR) is 99.2 cm³/mol. The molecule has 2 aromatic rings. The molecular weight excluding hydrogens is 316 g/mol. The molecule has 0 heterocycles. The molecule has 4 nitrogen and oxygen atoms in total. The topological polar surface area (TPSA) is 55.8 Å². The number of hydrogen-bond donors (Lipinski definition) is 1. The van der Waals surface area contributed by atoms with Gasteiger partial charge < -0.3 is 14.6 Å². The number of ether oxygens (including phenoxy) is 2. The number of phenolic OH excluding ortho intramolecular Hbond substituents is 1. The van der Waals surface area contributed by atoms with Crippen LogP contribution < -0.4 is 9.47 Å². The molecule has 25 heavy (non-hydrogen) atoms. The molecule has 0 aromatic heterocycles. The van der Waals surface area contributed by atoms with E-state index < -0.39 is 0 Å². The van der Waals surface area contributed by atoms with Crippen molar-refractivity contribution in [3.63, 3.8) is 0 Å². The summed E-state index contributed by atoms with van der Waals surface area (Å²) in [4.78, 5) is 12.0. The number of aromatic hydroxyl groups is 1. The highest BCUT2D eigenvalue weighted by atomic mass is 16.5. The lowest BCUT2D eigenvalue weighted by atomic mass is 10.1. The number of benzene rings is 2. The van der Waals surface area contributed by atoms with Gasteiger partial charge in [-0.3, -0.25) is 4.79 Å². The second kappa shape index (κ2) is 9.52. The zero-order chi connectivity index (χ0) is 18.1. The van der Waals surface area contributed by atoms with Gasteiger partial charge in [-0.05, 0) is 48.6 Å². The summed E-state index contributed by atoms with van der Waals surface area (Å²) in [5, 5.41) is 9.89. The SMILES string of the molecule is COc1cc(C=CC(=O)CCCCc2ccccc2)cc(OC)c1O. The van der Waals surface area contributed by atoms with Crippen LogP contribution in [-0.2, 0) is 11.2 Å². The van der Waals surface area contributed by atoms with Crippen LogP contribution in [0.25, 0.3) is 6.08 Å². The monoisotopic (exact) mass is 340 g/mol. The van der Waals surface area contributed by atoms with Crippen LogP contribution in [0.15, 0.2) is 48.5 Å². The molecule has 0 fully saturated rings. The smallest absolute Gasteiger partial charge is 0.200 e. The molecule has 0 aliphatic carbocycles. The minimum Gasteiger partial charge on any atom is -0.502 e. The van der Waals surface area contributed by atoms with E-state index in [9.17, 15) is 9.90 Å². The average Bonchev–Trinajstić information content (AvgIpc) is 2.65. The maximum atomic E-state index is 12.0. The third kappa shape index (κ3) is 5.68. The Morgan fingerprint density at radius 3 is 2.28 bits per heavy atom. The summed E-state index contributed by atoms with van der Waals surface area (Å²) in [5.74, 6) is 0.664. The molecule has 0 aliphatic heterocycles. The first-order valence-corrected chi connectivity index (χ1v) is 8.34. The van der Waals surface area contributed by atoms with E-state index in [0.29, 0.717) is 17.9 Å². The lowest BCUT2D eigenvalue weighted by Gasteiger charge is -2.09. The highest BCUT2D eigenvalue weighted by molar-refractivity contribution is 5.93. The highest BCUT2D eigenvalue weighted by Crippen LogP contribution is 2.37. The minimum atomic E-state index is -0.0469. The van der Waals surface area contributed by atoms with Crippen LogP contribution in [0.2, 0.25) is 0 Å². The number of phenols is 1. The summed E-state index contributed by atoms with van der Waals surface area (Å²) in [5.41, 5.74) is 2.04. The molecule has 0 atom stereocenters. The van der Waals surface area contributed by atoms with Crippen LogP contribution in [-0.4, -0.2) is 25.1 Å². The molecule has 2 aromatic carbocycles. The molecule has 0 radical (unpaired) electrons. The van der Waals surface area contributed by atoms with E-state index in [4.69, 9.17) is 9.47 Å². The predicted octanol–water partition coefficient (Wildman–Crippen LogP) is 4.40. The zero-order valence-electron chi connectivity index (χ0n) is 14.7. The van der Waals surface area contributed by atoms with Crippen molar-refractivity contribution in [2.45, 2.75) is 25.7 Å². The van der Waals surface area contributed by atoms with E-state index in [0.717, 1.165) is 24.8 Å². The van der Waals surface area contributed by atoms with Crippen LogP contribution in [0.1, 0.15) is 30.4 Å². The Hall–Kier alpha value is -2.75. The summed E-state index contributed by atoms with van der Waals surface area (Å²) >= 11 is 0. The Morgan fingerprint density at radius 1 is 1.04 bits per heavy atom. The van der Waals surface area contributed by atoms with Gasteiger partial charge >= 0.3 is 0 Å². The molecule has 0 aliphatic rings. The maximum absolute atomic E-state index is 12.0. The average molecular weight is 340 g/mol. The Bertz CT molecular complexity index is 695. The lowest BCUT2D eigenvalue weighted by molar-refractivity contribution is -0.114. The summed E-state index contributed by atoms with van der Waals surface area (Å²) < 4.78 is 10.2. The van der Waals surface area contributed by atoms with Crippen LogP contribution >= 0.6 is 0 Å². The van der Waals surface area contributed by atoms with E-state index in [1.54, 1.807) is 24.3 Å². The van der Waals surface area contributed by atoms with Gasteiger partial charge in [0.15, 0.2) is 17.3 Å². The van der Waals surface area contributed by atoms with Crippen LogP contribution in [0.4, 0.5) is 0 Å². The van der Waals surface area contributed by atoms with Gasteiger partial charge in [0, 0.05) is 6.42 Å². The largest absolute Gasteiger partial charge is 0.502 e. The molecule has 0 unspecified atom stereocenters. The molecular formula is C21H24O4. The Labute approximate surface area is 148 Å². The lowest BCUT2D eigenvalue weighted by Crippen LogP contribution is -1.94. The van der Waals surface area contributed by atoms with Crippen LogP contribution in [0, 0.1) is 0 Å². The fraction of sp³-hybridized carbons (Fsp3) is 0.286. The standard InChI is InChI=1S/C21H24O4/c1-24-19-14-17(15-20(25-2)21(19)23)12-13-18(22)11-7-6-10-16-8-4-3-5-9-16/h3-5,8-9,12-15,23H,6-7,10-11H2,1-2H3. The fourth-order valence-corrected chi connectivity index (χ4v) is 2.56. The Morgan fingerprint density at radius 2 is 1.68 bits per heavy atom. The van der Waals surface area contributed by atoms with Gasteiger partial charge in [0.2, 0.25) is 5.75 Å². The number of allylic oxidation sites excluding steroid dienone is 1. The number of aryl methyl sites for hydroxylation is 1. The number of carbonyl (C=O) groups excluding carboxylic acids is 1. The molecule has 1 N–H and O–H groups in total. The van der Waals surface area contributed by atoms with Gasteiger partial charge in [-0.15, -0.1) is 0 Å². The quantitative estimate of drug-likeness (QED) is 0.543. The first kappa shape index (κ1) is 18.6. The normalized spacial score (nSPS) is 10.8. The molecule has 132 valence electrons. The first-order chi connectivity index (χ1) is 12.1. The highest BCUT2D eigenvalue weighted by Gasteiger charge is 2.10. The number of carbonyl (C=O) groups is 1. The Kier molecular flexibility index (Phi) is 7.08. The van der Waals surface area contributed by atoms with Crippen molar-refractivity contribution in [2.24, 2.45) is 0 Å². The van der Waals surface area contributed by atoms with E-state index >= 15 is 0 Å². The van der Waals surface area contributed by atoms with Gasteiger partial charge in [-0.1, -0.05) is 36.4 Å². The van der Waals surface area contributed by atoms with Gasteiger partial charge in [0.25, 0.3) is 0 Å². The third-order valence-corrected chi connectivity index (χ3v) is 3.95. The van der Waals surface area contributed by atoms with Crippen molar-refractivity contribution in [3.05, 3.63) is 59.7 Å². The second-order valence-electron chi connectivity index (χ2n) is 5.77. The Balaban J connectivity index is 1.85. The van der Waals surface area contributed by atoms with E-state index in [1.807, 2.05) is 18.2 Å². The third-order valence-electron chi connectivity index (χ3n) is 3.95. The van der Waals surface area contributed by atoms with E-state index in [2.05, 4.69) is 12.1 Å². The second-order valence-corrected chi connectivity index (χ2v) is 5.77. The summed E-state index contributed by atoms with van der Waals surface area (Å²) in [6.45, 7) is 0. The first-order valence-electron chi connectivity index (χ1n) is 8.34. The molecule has 0 amide bonds. The summed E-state index contributed by atoms with van der Waals surface area (Å²) in [7, 11) is 2.94. The van der Waals surface area contributed by atoms with Crippen molar-refractivity contribution < 1.29 is 19.4 Å². The summed E-state index contributed by atoms with van der Waals surface area (Å²) in [6, 6.07) is 13.6. The van der Waals surface area contributed by atoms with Gasteiger partial charge in [0.05, 0.1) is 14.2 Å². The molecule has 0 saturated carbocycles. The van der Waals surface area contributed by atoms with Crippen molar-refractivity contribution in [3.8, 4) is 17.2 Å². The van der Waals surface area contributed by atoms with E-state index in [1.165, 1.54) is 19.8 Å². The van der Waals surface area contributed by atoms with Gasteiger partial charge in [-0.2, -0.15) is 0 Å². The molecule has 2 rings (SSSR count). The number of methoxy groups -OCH3 is 2. The number of unbranched alkanes of at least 4 members (excludes halogenated alkanes) is 1. The number of ketones is 1. The molecule has 0 bridgehead atoms. The fourth-order valence-electron chi connectivity index (χ4n) is 2.56. The van der Waals surface area contributed by atoms with Gasteiger partial charge in [0.1, 0.15) is 0 Å². The zero-order valence-corrected chi connectivity index (χ0v) is 14.7. The van der Waals surface area contributed by atoms with E-state index in [-0.39, 0.29) is 11.5 Å².